The molecular weight excluding hydrogens is 306 g/mol. The molecule has 3 atom stereocenters. The number of rotatable bonds is 5. The number of halogens is 2. The van der Waals surface area contributed by atoms with Crippen molar-refractivity contribution in [3.8, 4) is 0 Å². The highest BCUT2D eigenvalue weighted by Crippen LogP contribution is 2.49. The number of H-pyrrole nitrogens is 1. The van der Waals surface area contributed by atoms with E-state index < -0.39 is 0 Å². The Morgan fingerprint density at radius 3 is 2.83 bits per heavy atom. The Morgan fingerprint density at radius 1 is 1.17 bits per heavy atom. The van der Waals surface area contributed by atoms with E-state index in [2.05, 4.69) is 10.3 Å². The van der Waals surface area contributed by atoms with Gasteiger partial charge in [-0.2, -0.15) is 0 Å². The van der Waals surface area contributed by atoms with Crippen LogP contribution in [-0.2, 0) is 0 Å². The van der Waals surface area contributed by atoms with E-state index in [9.17, 15) is 8.78 Å². The first-order chi connectivity index (χ1) is 11.6. The second-order valence-corrected chi connectivity index (χ2v) is 6.72. The molecule has 1 aromatic heterocycles. The van der Waals surface area contributed by atoms with Crippen molar-refractivity contribution < 1.29 is 8.78 Å². The van der Waals surface area contributed by atoms with Crippen LogP contribution in [-0.4, -0.2) is 11.5 Å². The Kier molecular flexibility index (Phi) is 3.85. The zero-order chi connectivity index (χ0) is 16.7. The number of aromatic nitrogens is 1. The number of fused-ring (bicyclic) bond motifs is 1. The molecule has 1 saturated carbocycles. The first kappa shape index (κ1) is 15.3. The van der Waals surface area contributed by atoms with Gasteiger partial charge >= 0.3 is 0 Å². The molecule has 1 heterocycles. The fraction of sp³-hybridized carbons (Fsp3) is 0.300. The first-order valence-corrected chi connectivity index (χ1v) is 8.37. The molecule has 0 aliphatic heterocycles. The van der Waals surface area contributed by atoms with E-state index in [4.69, 9.17) is 0 Å². The van der Waals surface area contributed by atoms with Crippen LogP contribution in [0.2, 0.25) is 0 Å². The van der Waals surface area contributed by atoms with Crippen LogP contribution in [0.3, 0.4) is 0 Å². The Balaban J connectivity index is 1.40. The van der Waals surface area contributed by atoms with Crippen molar-refractivity contribution in [1.82, 2.24) is 10.3 Å². The molecule has 0 amide bonds. The number of aromatic amines is 1. The van der Waals surface area contributed by atoms with Crippen LogP contribution in [0.1, 0.15) is 36.4 Å². The van der Waals surface area contributed by atoms with Gasteiger partial charge in [0.15, 0.2) is 0 Å². The number of nitrogens with one attached hydrogen (secondary N) is 2. The molecule has 0 bridgehead atoms. The van der Waals surface area contributed by atoms with Crippen molar-refractivity contribution in [1.29, 1.82) is 0 Å². The van der Waals surface area contributed by atoms with Crippen molar-refractivity contribution >= 4 is 10.9 Å². The third kappa shape index (κ3) is 2.94. The zero-order valence-corrected chi connectivity index (χ0v) is 13.5. The molecule has 1 aliphatic carbocycles. The van der Waals surface area contributed by atoms with Gasteiger partial charge in [-0.05, 0) is 73.2 Å². The molecule has 2 aromatic carbocycles. The molecule has 3 aromatic rings. The minimum absolute atomic E-state index is 0.113. The number of hydrogen-bond acceptors (Lipinski definition) is 1. The maximum atomic E-state index is 13.5. The third-order valence-electron chi connectivity index (χ3n) is 5.03. The van der Waals surface area contributed by atoms with E-state index >= 15 is 0 Å². The van der Waals surface area contributed by atoms with E-state index in [1.54, 1.807) is 24.3 Å². The predicted octanol–water partition coefficient (Wildman–Crippen LogP) is 4.90. The summed E-state index contributed by atoms with van der Waals surface area (Å²) in [4.78, 5) is 3.23. The number of benzene rings is 2. The van der Waals surface area contributed by atoms with E-state index in [-0.39, 0.29) is 17.7 Å². The van der Waals surface area contributed by atoms with Crippen LogP contribution < -0.4 is 5.32 Å². The van der Waals surface area contributed by atoms with Gasteiger partial charge in [0.25, 0.3) is 0 Å². The van der Waals surface area contributed by atoms with Crippen molar-refractivity contribution in [3.63, 3.8) is 0 Å². The smallest absolute Gasteiger partial charge is 0.123 e. The largest absolute Gasteiger partial charge is 0.361 e. The highest BCUT2D eigenvalue weighted by atomic mass is 19.1. The molecular formula is C20H20F2N2. The SMILES string of the molecule is CC(NCC1CC1c1c[nH]c2ccc(F)cc12)c1cccc(F)c1. The highest BCUT2D eigenvalue weighted by molar-refractivity contribution is 5.84. The third-order valence-corrected chi connectivity index (χ3v) is 5.03. The standard InChI is InChI=1S/C20H20F2N2/c1-12(13-3-2-4-15(21)7-13)23-10-14-8-17(14)19-11-24-20-6-5-16(22)9-18(19)20/h2-7,9,11-12,14,17,23-24H,8,10H2,1H3. The summed E-state index contributed by atoms with van der Waals surface area (Å²) in [6, 6.07) is 11.7. The second-order valence-electron chi connectivity index (χ2n) is 6.72. The predicted molar refractivity (Wildman–Crippen MR) is 91.9 cm³/mol. The maximum Gasteiger partial charge on any atom is 0.123 e. The van der Waals surface area contributed by atoms with Gasteiger partial charge in [-0.15, -0.1) is 0 Å². The average Bonchev–Trinajstić information content (AvgIpc) is 3.23. The lowest BCUT2D eigenvalue weighted by Crippen LogP contribution is -2.21. The Morgan fingerprint density at radius 2 is 2.00 bits per heavy atom. The summed E-state index contributed by atoms with van der Waals surface area (Å²) in [6.45, 7) is 2.93. The summed E-state index contributed by atoms with van der Waals surface area (Å²) < 4.78 is 26.8. The topological polar surface area (TPSA) is 27.8 Å². The van der Waals surface area contributed by atoms with Gasteiger partial charge in [0.1, 0.15) is 11.6 Å². The van der Waals surface area contributed by atoms with Gasteiger partial charge in [-0.25, -0.2) is 8.78 Å². The maximum absolute atomic E-state index is 13.5. The Labute approximate surface area is 139 Å². The van der Waals surface area contributed by atoms with Crippen molar-refractivity contribution in [2.24, 2.45) is 5.92 Å². The summed E-state index contributed by atoms with van der Waals surface area (Å²) in [5, 5.41) is 4.48. The van der Waals surface area contributed by atoms with E-state index in [0.29, 0.717) is 11.8 Å². The van der Waals surface area contributed by atoms with E-state index in [1.165, 1.54) is 17.7 Å². The Bertz CT molecular complexity index is 871. The summed E-state index contributed by atoms with van der Waals surface area (Å²) in [6.07, 6.45) is 3.11. The summed E-state index contributed by atoms with van der Waals surface area (Å²) in [5.41, 5.74) is 3.15. The molecule has 0 radical (unpaired) electrons. The van der Waals surface area contributed by atoms with Crippen molar-refractivity contribution in [2.45, 2.75) is 25.3 Å². The average molecular weight is 326 g/mol. The monoisotopic (exact) mass is 326 g/mol. The Hall–Kier alpha value is -2.20. The fourth-order valence-corrected chi connectivity index (χ4v) is 3.50. The van der Waals surface area contributed by atoms with Crippen molar-refractivity contribution in [2.75, 3.05) is 6.54 Å². The molecule has 0 spiro atoms. The molecule has 4 rings (SSSR count). The molecule has 2 nitrogen and oxygen atoms in total. The van der Waals surface area contributed by atoms with Gasteiger partial charge in [0.05, 0.1) is 0 Å². The molecule has 1 aliphatic rings. The molecule has 4 heteroatoms. The molecule has 3 unspecified atom stereocenters. The lowest BCUT2D eigenvalue weighted by molar-refractivity contribution is 0.538. The number of hydrogen-bond donors (Lipinski definition) is 2. The first-order valence-electron chi connectivity index (χ1n) is 8.37. The van der Waals surface area contributed by atoms with Crippen molar-refractivity contribution in [3.05, 3.63) is 71.4 Å². The minimum Gasteiger partial charge on any atom is -0.361 e. The van der Waals surface area contributed by atoms with Gasteiger partial charge in [0.2, 0.25) is 0 Å². The highest BCUT2D eigenvalue weighted by Gasteiger charge is 2.39. The van der Waals surface area contributed by atoms with Crippen LogP contribution >= 0.6 is 0 Å². The zero-order valence-electron chi connectivity index (χ0n) is 13.5. The minimum atomic E-state index is -0.203. The van der Waals surface area contributed by atoms with Crippen LogP contribution in [0.5, 0.6) is 0 Å². The van der Waals surface area contributed by atoms with Gasteiger partial charge < -0.3 is 10.3 Å². The summed E-state index contributed by atoms with van der Waals surface area (Å²) in [5.74, 6) is 0.612. The van der Waals surface area contributed by atoms with Crippen LogP contribution in [0.4, 0.5) is 8.78 Å². The summed E-state index contributed by atoms with van der Waals surface area (Å²) >= 11 is 0. The lowest BCUT2D eigenvalue weighted by Gasteiger charge is -2.14. The lowest BCUT2D eigenvalue weighted by atomic mass is 10.1. The van der Waals surface area contributed by atoms with Crippen LogP contribution in [0, 0.1) is 17.6 Å². The normalized spacial score (nSPS) is 21.1. The summed E-state index contributed by atoms with van der Waals surface area (Å²) in [7, 11) is 0. The molecule has 1 fully saturated rings. The molecule has 124 valence electrons. The second kappa shape index (κ2) is 6.02. The van der Waals surface area contributed by atoms with Gasteiger partial charge in [-0.3, -0.25) is 0 Å². The van der Waals surface area contributed by atoms with Crippen LogP contribution in [0.15, 0.2) is 48.7 Å². The van der Waals surface area contributed by atoms with Gasteiger partial charge in [-0.1, -0.05) is 12.1 Å². The van der Waals surface area contributed by atoms with Crippen LogP contribution in [0.25, 0.3) is 10.9 Å². The van der Waals surface area contributed by atoms with E-state index in [1.807, 2.05) is 19.2 Å². The van der Waals surface area contributed by atoms with Gasteiger partial charge in [0, 0.05) is 23.1 Å². The molecule has 0 saturated heterocycles. The molecule has 24 heavy (non-hydrogen) atoms. The fourth-order valence-electron chi connectivity index (χ4n) is 3.50. The quantitative estimate of drug-likeness (QED) is 0.686. The molecule has 2 N–H and O–H groups in total. The van der Waals surface area contributed by atoms with E-state index in [0.717, 1.165) is 29.4 Å².